The van der Waals surface area contributed by atoms with Gasteiger partial charge in [-0.25, -0.2) is 0 Å². The summed E-state index contributed by atoms with van der Waals surface area (Å²) in [4.78, 5) is 0. The lowest BCUT2D eigenvalue weighted by Crippen LogP contribution is -1.98. The first-order chi connectivity index (χ1) is 6.77. The Kier molecular flexibility index (Phi) is 1.97. The van der Waals surface area contributed by atoms with Gasteiger partial charge in [0.15, 0.2) is 0 Å². The second-order valence-electron chi connectivity index (χ2n) is 3.25. The maximum atomic E-state index is 9.02. The fourth-order valence-corrected chi connectivity index (χ4v) is 1.64. The highest BCUT2D eigenvalue weighted by Crippen LogP contribution is 2.20. The molecule has 0 atom stereocenters. The van der Waals surface area contributed by atoms with Gasteiger partial charge in [-0.05, 0) is 25.5 Å². The summed E-state index contributed by atoms with van der Waals surface area (Å²) >= 11 is 0. The summed E-state index contributed by atoms with van der Waals surface area (Å²) in [6.07, 6.45) is 0. The van der Waals surface area contributed by atoms with E-state index in [-0.39, 0.29) is 0 Å². The minimum atomic E-state index is 0.659. The zero-order valence-electron chi connectivity index (χ0n) is 8.28. The number of benzene rings is 1. The molecule has 0 fully saturated rings. The van der Waals surface area contributed by atoms with E-state index in [9.17, 15) is 0 Å². The van der Waals surface area contributed by atoms with Crippen LogP contribution in [0.1, 0.15) is 18.2 Å². The third kappa shape index (κ3) is 1.08. The van der Waals surface area contributed by atoms with Crippen molar-refractivity contribution in [1.82, 2.24) is 9.78 Å². The molecule has 3 heteroatoms. The van der Waals surface area contributed by atoms with Crippen molar-refractivity contribution in [1.29, 1.82) is 5.26 Å². The Hall–Kier alpha value is -1.82. The van der Waals surface area contributed by atoms with Crippen LogP contribution in [0, 0.1) is 18.3 Å². The lowest BCUT2D eigenvalue weighted by Gasteiger charge is -1.93. The molecule has 1 heterocycles. The van der Waals surface area contributed by atoms with Gasteiger partial charge in [-0.15, -0.1) is 0 Å². The lowest BCUT2D eigenvalue weighted by molar-refractivity contribution is 0.659. The third-order valence-electron chi connectivity index (χ3n) is 2.38. The van der Waals surface area contributed by atoms with Crippen LogP contribution in [0.5, 0.6) is 0 Å². The largest absolute Gasteiger partial charge is 0.254 e. The van der Waals surface area contributed by atoms with Gasteiger partial charge in [0.1, 0.15) is 11.8 Å². The third-order valence-corrected chi connectivity index (χ3v) is 2.38. The molecule has 0 amide bonds. The molecule has 14 heavy (non-hydrogen) atoms. The fourth-order valence-electron chi connectivity index (χ4n) is 1.64. The maximum absolute atomic E-state index is 9.02. The molecule has 0 bridgehead atoms. The molecule has 0 saturated heterocycles. The van der Waals surface area contributed by atoms with Gasteiger partial charge in [0.2, 0.25) is 0 Å². The van der Waals surface area contributed by atoms with Gasteiger partial charge in [0.25, 0.3) is 0 Å². The maximum Gasteiger partial charge on any atom is 0.146 e. The smallest absolute Gasteiger partial charge is 0.146 e. The minimum Gasteiger partial charge on any atom is -0.254 e. The van der Waals surface area contributed by atoms with Gasteiger partial charge < -0.3 is 0 Å². The van der Waals surface area contributed by atoms with Gasteiger partial charge in [0, 0.05) is 11.9 Å². The Bertz CT molecular complexity index is 517. The summed E-state index contributed by atoms with van der Waals surface area (Å²) in [7, 11) is 0. The molecule has 1 aromatic carbocycles. The summed E-state index contributed by atoms with van der Waals surface area (Å²) < 4.78 is 1.75. The highest BCUT2D eigenvalue weighted by Gasteiger charge is 2.10. The monoisotopic (exact) mass is 185 g/mol. The minimum absolute atomic E-state index is 0.659. The topological polar surface area (TPSA) is 41.6 Å². The van der Waals surface area contributed by atoms with Gasteiger partial charge in [0.05, 0.1) is 5.52 Å². The van der Waals surface area contributed by atoms with Gasteiger partial charge in [-0.1, -0.05) is 12.1 Å². The zero-order chi connectivity index (χ0) is 10.1. The number of fused-ring (bicyclic) bond motifs is 1. The van der Waals surface area contributed by atoms with Crippen LogP contribution in [-0.2, 0) is 6.54 Å². The number of nitrogens with zero attached hydrogens (tertiary/aromatic N) is 3. The molecule has 70 valence electrons. The SMILES string of the molecule is CCn1nc2c(C)cccc2c1C#N. The van der Waals surface area contributed by atoms with Crippen LogP contribution in [-0.4, -0.2) is 9.78 Å². The Morgan fingerprint density at radius 2 is 2.29 bits per heavy atom. The molecule has 0 aliphatic heterocycles. The molecule has 0 saturated carbocycles. The normalized spacial score (nSPS) is 10.4. The summed E-state index contributed by atoms with van der Waals surface area (Å²) in [5, 5.41) is 14.4. The Morgan fingerprint density at radius 1 is 1.50 bits per heavy atom. The predicted octanol–water partition coefficient (Wildman–Crippen LogP) is 2.24. The van der Waals surface area contributed by atoms with Crippen LogP contribution in [0.3, 0.4) is 0 Å². The zero-order valence-corrected chi connectivity index (χ0v) is 8.28. The number of aromatic nitrogens is 2. The van der Waals surface area contributed by atoms with E-state index in [0.29, 0.717) is 5.69 Å². The molecule has 0 N–H and O–H groups in total. The molecular weight excluding hydrogens is 174 g/mol. The molecule has 0 unspecified atom stereocenters. The molecule has 2 rings (SSSR count). The number of hydrogen-bond donors (Lipinski definition) is 0. The molecular formula is C11H11N3. The van der Waals surface area contributed by atoms with E-state index in [2.05, 4.69) is 11.2 Å². The van der Waals surface area contributed by atoms with E-state index in [1.165, 1.54) is 0 Å². The van der Waals surface area contributed by atoms with E-state index in [1.807, 2.05) is 32.0 Å². The van der Waals surface area contributed by atoms with Crippen molar-refractivity contribution >= 4 is 10.9 Å². The van der Waals surface area contributed by atoms with Crippen molar-refractivity contribution in [2.75, 3.05) is 0 Å². The van der Waals surface area contributed by atoms with E-state index in [1.54, 1.807) is 4.68 Å². The molecule has 0 aliphatic carbocycles. The first-order valence-corrected chi connectivity index (χ1v) is 4.64. The molecule has 1 aromatic heterocycles. The summed E-state index contributed by atoms with van der Waals surface area (Å²) in [6.45, 7) is 4.73. The average molecular weight is 185 g/mol. The number of rotatable bonds is 1. The molecule has 0 spiro atoms. The molecule has 2 aromatic rings. The summed E-state index contributed by atoms with van der Waals surface area (Å²) in [5.41, 5.74) is 2.71. The van der Waals surface area contributed by atoms with Gasteiger partial charge in [-0.3, -0.25) is 4.68 Å². The Balaban J connectivity index is 2.88. The van der Waals surface area contributed by atoms with Crippen LogP contribution in [0.4, 0.5) is 0 Å². The van der Waals surface area contributed by atoms with Crippen molar-refractivity contribution in [2.45, 2.75) is 20.4 Å². The Morgan fingerprint density at radius 3 is 2.93 bits per heavy atom. The first-order valence-electron chi connectivity index (χ1n) is 4.64. The molecule has 3 nitrogen and oxygen atoms in total. The number of hydrogen-bond acceptors (Lipinski definition) is 2. The Labute approximate surface area is 82.6 Å². The van der Waals surface area contributed by atoms with Crippen LogP contribution in [0.25, 0.3) is 10.9 Å². The number of aryl methyl sites for hydroxylation is 2. The average Bonchev–Trinajstić information content (AvgIpc) is 2.57. The highest BCUT2D eigenvalue weighted by molar-refractivity contribution is 5.86. The van der Waals surface area contributed by atoms with Gasteiger partial charge >= 0.3 is 0 Å². The van der Waals surface area contributed by atoms with Crippen molar-refractivity contribution in [3.63, 3.8) is 0 Å². The van der Waals surface area contributed by atoms with Crippen LogP contribution in [0.15, 0.2) is 18.2 Å². The highest BCUT2D eigenvalue weighted by atomic mass is 15.3. The predicted molar refractivity (Wildman–Crippen MR) is 54.9 cm³/mol. The van der Waals surface area contributed by atoms with E-state index < -0.39 is 0 Å². The quantitative estimate of drug-likeness (QED) is 0.683. The van der Waals surface area contributed by atoms with Crippen LogP contribution in [0.2, 0.25) is 0 Å². The number of nitriles is 1. The second-order valence-corrected chi connectivity index (χ2v) is 3.25. The van der Waals surface area contributed by atoms with E-state index in [4.69, 9.17) is 5.26 Å². The summed E-state index contributed by atoms with van der Waals surface area (Å²) in [6, 6.07) is 8.11. The molecule has 0 aliphatic rings. The van der Waals surface area contributed by atoms with Crippen LogP contribution < -0.4 is 0 Å². The van der Waals surface area contributed by atoms with Crippen molar-refractivity contribution in [2.24, 2.45) is 0 Å². The second kappa shape index (κ2) is 3.15. The van der Waals surface area contributed by atoms with Crippen molar-refractivity contribution in [3.8, 4) is 6.07 Å². The van der Waals surface area contributed by atoms with Crippen LogP contribution >= 0.6 is 0 Å². The first kappa shape index (κ1) is 8.76. The molecule has 0 radical (unpaired) electrons. The van der Waals surface area contributed by atoms with Crippen molar-refractivity contribution in [3.05, 3.63) is 29.5 Å². The lowest BCUT2D eigenvalue weighted by atomic mass is 10.1. The van der Waals surface area contributed by atoms with E-state index in [0.717, 1.165) is 23.0 Å². The summed E-state index contributed by atoms with van der Waals surface area (Å²) in [5.74, 6) is 0. The standard InChI is InChI=1S/C11H11N3/c1-3-14-10(7-12)9-6-4-5-8(2)11(9)13-14/h4-6H,3H2,1-2H3. The van der Waals surface area contributed by atoms with Crippen molar-refractivity contribution < 1.29 is 0 Å². The van der Waals surface area contributed by atoms with E-state index >= 15 is 0 Å². The fraction of sp³-hybridized carbons (Fsp3) is 0.273. The van der Waals surface area contributed by atoms with Gasteiger partial charge in [-0.2, -0.15) is 10.4 Å².